The van der Waals surface area contributed by atoms with Gasteiger partial charge in [0.15, 0.2) is 4.96 Å². The van der Waals surface area contributed by atoms with Crippen LogP contribution in [0.1, 0.15) is 11.3 Å². The zero-order valence-electron chi connectivity index (χ0n) is 9.85. The largest absolute Gasteiger partial charge is 0.379 e. The Morgan fingerprint density at radius 2 is 2.33 bits per heavy atom. The number of hydrogen-bond acceptors (Lipinski definition) is 3. The van der Waals surface area contributed by atoms with E-state index in [4.69, 9.17) is 0 Å². The predicted molar refractivity (Wildman–Crippen MR) is 79.3 cm³/mol. The summed E-state index contributed by atoms with van der Waals surface area (Å²) in [7, 11) is 0. The van der Waals surface area contributed by atoms with Gasteiger partial charge in [0.05, 0.1) is 12.2 Å². The lowest BCUT2D eigenvalue weighted by molar-refractivity contribution is 1.08. The van der Waals surface area contributed by atoms with E-state index < -0.39 is 0 Å². The van der Waals surface area contributed by atoms with Gasteiger partial charge in [0.25, 0.3) is 0 Å². The van der Waals surface area contributed by atoms with Gasteiger partial charge in [-0.25, -0.2) is 4.98 Å². The van der Waals surface area contributed by atoms with Gasteiger partial charge in [-0.1, -0.05) is 22.0 Å². The maximum absolute atomic E-state index is 4.54. The number of aryl methyl sites for hydroxylation is 1. The number of rotatable bonds is 3. The highest BCUT2D eigenvalue weighted by molar-refractivity contribution is 9.10. The molecule has 0 saturated carbocycles. The number of hydrogen-bond donors (Lipinski definition) is 1. The molecule has 2 aromatic heterocycles. The number of imidazole rings is 1. The molecule has 1 aromatic carbocycles. The number of aromatic nitrogens is 2. The molecule has 2 heterocycles. The molecule has 0 fully saturated rings. The van der Waals surface area contributed by atoms with E-state index in [1.807, 2.05) is 16.0 Å². The Hall–Kier alpha value is -1.33. The van der Waals surface area contributed by atoms with Crippen LogP contribution in [0.5, 0.6) is 0 Å². The second kappa shape index (κ2) is 4.74. The molecule has 3 nitrogen and oxygen atoms in total. The van der Waals surface area contributed by atoms with Gasteiger partial charge in [0.2, 0.25) is 0 Å². The number of nitrogens with zero attached hydrogens (tertiary/aromatic N) is 2. The molecule has 18 heavy (non-hydrogen) atoms. The quantitative estimate of drug-likeness (QED) is 0.787. The van der Waals surface area contributed by atoms with Gasteiger partial charge in [-0.05, 0) is 24.6 Å². The molecule has 92 valence electrons. The maximum Gasteiger partial charge on any atom is 0.193 e. The van der Waals surface area contributed by atoms with E-state index in [2.05, 4.69) is 57.6 Å². The summed E-state index contributed by atoms with van der Waals surface area (Å²) in [5.74, 6) is 0. The monoisotopic (exact) mass is 321 g/mol. The highest BCUT2D eigenvalue weighted by atomic mass is 79.9. The summed E-state index contributed by atoms with van der Waals surface area (Å²) in [6.45, 7) is 2.82. The van der Waals surface area contributed by atoms with E-state index in [0.717, 1.165) is 27.4 Å². The normalized spacial score (nSPS) is 11.0. The zero-order chi connectivity index (χ0) is 12.5. The Kier molecular flexibility index (Phi) is 3.09. The third kappa shape index (κ3) is 2.28. The molecule has 0 atom stereocenters. The van der Waals surface area contributed by atoms with Crippen LogP contribution in [0.25, 0.3) is 4.96 Å². The topological polar surface area (TPSA) is 29.3 Å². The van der Waals surface area contributed by atoms with Crippen LogP contribution < -0.4 is 5.32 Å². The Balaban J connectivity index is 1.73. The third-order valence-corrected chi connectivity index (χ3v) is 4.41. The van der Waals surface area contributed by atoms with E-state index in [1.54, 1.807) is 11.3 Å². The highest BCUT2D eigenvalue weighted by Crippen LogP contribution is 2.21. The molecule has 0 aliphatic rings. The lowest BCUT2D eigenvalue weighted by Crippen LogP contribution is -1.99. The number of anilines is 1. The summed E-state index contributed by atoms with van der Waals surface area (Å²) >= 11 is 5.19. The molecule has 0 saturated heterocycles. The molecule has 3 aromatic rings. The van der Waals surface area contributed by atoms with Gasteiger partial charge in [-0.2, -0.15) is 0 Å². The van der Waals surface area contributed by atoms with Crippen LogP contribution in [0, 0.1) is 6.92 Å². The molecule has 0 bridgehead atoms. The minimum Gasteiger partial charge on any atom is -0.379 e. The van der Waals surface area contributed by atoms with Gasteiger partial charge < -0.3 is 5.32 Å². The summed E-state index contributed by atoms with van der Waals surface area (Å²) in [6, 6.07) is 6.27. The van der Waals surface area contributed by atoms with Crippen molar-refractivity contribution in [2.45, 2.75) is 13.5 Å². The standard InChI is InChI=1S/C13H12BrN3S/c1-9-2-3-10(6-12(9)14)15-7-11-8-17-4-5-18-13(17)16-11/h2-6,8,15H,7H2,1H3. The Bertz CT molecular complexity index is 658. The molecule has 0 radical (unpaired) electrons. The van der Waals surface area contributed by atoms with Crippen molar-refractivity contribution in [2.24, 2.45) is 0 Å². The van der Waals surface area contributed by atoms with Crippen LogP contribution in [-0.2, 0) is 6.54 Å². The fourth-order valence-corrected chi connectivity index (χ4v) is 2.85. The first-order valence-corrected chi connectivity index (χ1v) is 7.31. The maximum atomic E-state index is 4.54. The van der Waals surface area contributed by atoms with Crippen molar-refractivity contribution in [1.82, 2.24) is 9.38 Å². The molecule has 5 heteroatoms. The average molecular weight is 322 g/mol. The third-order valence-electron chi connectivity index (χ3n) is 2.79. The van der Waals surface area contributed by atoms with Crippen molar-refractivity contribution in [2.75, 3.05) is 5.32 Å². The Morgan fingerprint density at radius 1 is 1.44 bits per heavy atom. The molecular weight excluding hydrogens is 310 g/mol. The summed E-state index contributed by atoms with van der Waals surface area (Å²) in [4.78, 5) is 5.57. The summed E-state index contributed by atoms with van der Waals surface area (Å²) in [5, 5.41) is 5.42. The average Bonchev–Trinajstić information content (AvgIpc) is 2.91. The van der Waals surface area contributed by atoms with Crippen LogP contribution in [0.15, 0.2) is 40.4 Å². The van der Waals surface area contributed by atoms with Crippen molar-refractivity contribution >= 4 is 37.9 Å². The molecule has 0 aliphatic carbocycles. The number of halogens is 1. The lowest BCUT2D eigenvalue weighted by Gasteiger charge is -2.06. The van der Waals surface area contributed by atoms with E-state index in [-0.39, 0.29) is 0 Å². The molecule has 0 spiro atoms. The Labute approximate surface area is 118 Å². The highest BCUT2D eigenvalue weighted by Gasteiger charge is 2.02. The number of thiazole rings is 1. The minimum atomic E-state index is 0.740. The van der Waals surface area contributed by atoms with Crippen LogP contribution >= 0.6 is 27.3 Å². The van der Waals surface area contributed by atoms with E-state index in [0.29, 0.717) is 0 Å². The predicted octanol–water partition coefficient (Wildman–Crippen LogP) is 4.08. The fourth-order valence-electron chi connectivity index (χ4n) is 1.76. The van der Waals surface area contributed by atoms with Gasteiger partial charge in [-0.15, -0.1) is 11.3 Å². The Morgan fingerprint density at radius 3 is 3.11 bits per heavy atom. The first-order valence-electron chi connectivity index (χ1n) is 5.63. The van der Waals surface area contributed by atoms with Crippen molar-refractivity contribution < 1.29 is 0 Å². The second-order valence-corrected chi connectivity index (χ2v) is 5.87. The van der Waals surface area contributed by atoms with Gasteiger partial charge in [0.1, 0.15) is 0 Å². The SMILES string of the molecule is Cc1ccc(NCc2cn3ccsc3n2)cc1Br. The van der Waals surface area contributed by atoms with Crippen molar-refractivity contribution in [3.8, 4) is 0 Å². The molecule has 0 unspecified atom stereocenters. The van der Waals surface area contributed by atoms with E-state index in [9.17, 15) is 0 Å². The van der Waals surface area contributed by atoms with Gasteiger partial charge in [0, 0.05) is 27.9 Å². The van der Waals surface area contributed by atoms with Crippen LogP contribution in [0.4, 0.5) is 5.69 Å². The first kappa shape index (κ1) is 11.7. The van der Waals surface area contributed by atoms with E-state index >= 15 is 0 Å². The first-order chi connectivity index (χ1) is 8.72. The number of nitrogens with one attached hydrogen (secondary N) is 1. The number of benzene rings is 1. The molecule has 0 aliphatic heterocycles. The zero-order valence-corrected chi connectivity index (χ0v) is 12.3. The molecule has 3 rings (SSSR count). The second-order valence-electron chi connectivity index (χ2n) is 4.14. The molecule has 1 N–H and O–H groups in total. The minimum absolute atomic E-state index is 0.740. The van der Waals surface area contributed by atoms with Crippen LogP contribution in [-0.4, -0.2) is 9.38 Å². The lowest BCUT2D eigenvalue weighted by atomic mass is 10.2. The smallest absolute Gasteiger partial charge is 0.193 e. The van der Waals surface area contributed by atoms with Gasteiger partial charge in [-0.3, -0.25) is 4.40 Å². The van der Waals surface area contributed by atoms with Gasteiger partial charge >= 0.3 is 0 Å². The summed E-state index contributed by atoms with van der Waals surface area (Å²) in [6.07, 6.45) is 4.08. The van der Waals surface area contributed by atoms with Crippen LogP contribution in [0.2, 0.25) is 0 Å². The van der Waals surface area contributed by atoms with Crippen molar-refractivity contribution in [3.63, 3.8) is 0 Å². The number of fused-ring (bicyclic) bond motifs is 1. The summed E-state index contributed by atoms with van der Waals surface area (Å²) < 4.78 is 3.17. The van der Waals surface area contributed by atoms with Crippen molar-refractivity contribution in [3.05, 3.63) is 51.7 Å². The van der Waals surface area contributed by atoms with Crippen molar-refractivity contribution in [1.29, 1.82) is 0 Å². The molecule has 0 amide bonds. The molecular formula is C13H12BrN3S. The van der Waals surface area contributed by atoms with Crippen LogP contribution in [0.3, 0.4) is 0 Å². The summed E-state index contributed by atoms with van der Waals surface area (Å²) in [5.41, 5.74) is 3.39. The fraction of sp³-hybridized carbons (Fsp3) is 0.154. The van der Waals surface area contributed by atoms with E-state index in [1.165, 1.54) is 5.56 Å².